The van der Waals surface area contributed by atoms with E-state index in [0.717, 1.165) is 39.2 Å². The van der Waals surface area contributed by atoms with Crippen LogP contribution in [0.4, 0.5) is 0 Å². The van der Waals surface area contributed by atoms with Gasteiger partial charge in [0.2, 0.25) is 0 Å². The molecule has 6 heteroatoms. The summed E-state index contributed by atoms with van der Waals surface area (Å²) in [6.07, 6.45) is 0.878. The topological polar surface area (TPSA) is 42.4 Å². The van der Waals surface area contributed by atoms with Crippen LogP contribution in [0.5, 0.6) is 5.75 Å². The summed E-state index contributed by atoms with van der Waals surface area (Å²) in [5, 5.41) is 2.96. The van der Waals surface area contributed by atoms with Crippen molar-refractivity contribution in [3.05, 3.63) is 57.4 Å². The first kappa shape index (κ1) is 17.2. The van der Waals surface area contributed by atoms with Gasteiger partial charge >= 0.3 is 0 Å². The molecule has 0 atom stereocenters. The summed E-state index contributed by atoms with van der Waals surface area (Å²) >= 11 is 3.15. The molecule has 3 aromatic rings. The normalized spacial score (nSPS) is 13.5. The molecule has 1 aromatic carbocycles. The van der Waals surface area contributed by atoms with Crippen LogP contribution >= 0.6 is 22.7 Å². The maximum absolute atomic E-state index is 13.1. The molecule has 0 radical (unpaired) electrons. The average molecular weight is 385 g/mol. The lowest BCUT2D eigenvalue weighted by molar-refractivity contribution is 0.0738. The molecule has 0 N–H and O–H groups in total. The molecule has 2 aromatic heterocycles. The summed E-state index contributed by atoms with van der Waals surface area (Å²) in [5.41, 5.74) is 3.30. The van der Waals surface area contributed by atoms with Crippen molar-refractivity contribution >= 4 is 28.6 Å². The average Bonchev–Trinajstić information content (AvgIpc) is 3.30. The molecule has 0 unspecified atom stereocenters. The van der Waals surface area contributed by atoms with Crippen molar-refractivity contribution in [3.8, 4) is 15.6 Å². The quantitative estimate of drug-likeness (QED) is 0.650. The first-order valence-corrected chi connectivity index (χ1v) is 10.4. The fourth-order valence-electron chi connectivity index (χ4n) is 3.21. The van der Waals surface area contributed by atoms with E-state index in [2.05, 4.69) is 17.1 Å². The van der Waals surface area contributed by atoms with Crippen molar-refractivity contribution in [1.82, 2.24) is 9.88 Å². The number of thiophene rings is 1. The van der Waals surface area contributed by atoms with Crippen LogP contribution in [0.1, 0.15) is 33.4 Å². The minimum atomic E-state index is 0.0790. The van der Waals surface area contributed by atoms with Gasteiger partial charge in [0, 0.05) is 13.1 Å². The third kappa shape index (κ3) is 3.27. The summed E-state index contributed by atoms with van der Waals surface area (Å²) in [5.74, 6) is 0.949. The van der Waals surface area contributed by atoms with Gasteiger partial charge in [-0.25, -0.2) is 4.98 Å². The van der Waals surface area contributed by atoms with E-state index >= 15 is 0 Å². The van der Waals surface area contributed by atoms with Crippen molar-refractivity contribution in [2.45, 2.75) is 26.8 Å². The van der Waals surface area contributed by atoms with Gasteiger partial charge in [-0.15, -0.1) is 22.7 Å². The molecule has 0 saturated heterocycles. The highest BCUT2D eigenvalue weighted by Crippen LogP contribution is 2.33. The molecule has 0 spiro atoms. The Labute approximate surface area is 161 Å². The van der Waals surface area contributed by atoms with E-state index in [1.54, 1.807) is 11.3 Å². The number of thiazole rings is 1. The third-order valence-corrected chi connectivity index (χ3v) is 6.70. The molecule has 134 valence electrons. The van der Waals surface area contributed by atoms with Gasteiger partial charge < -0.3 is 9.64 Å². The number of nitrogens with zero attached hydrogens (tertiary/aromatic N) is 2. The van der Waals surface area contributed by atoms with Crippen LogP contribution in [-0.4, -0.2) is 28.9 Å². The number of hydrogen-bond acceptors (Lipinski definition) is 5. The second kappa shape index (κ2) is 7.21. The van der Waals surface area contributed by atoms with Crippen molar-refractivity contribution < 1.29 is 9.53 Å². The zero-order chi connectivity index (χ0) is 18.1. The number of ether oxygens (including phenoxy) is 1. The van der Waals surface area contributed by atoms with Gasteiger partial charge in [0.15, 0.2) is 0 Å². The van der Waals surface area contributed by atoms with Gasteiger partial charge in [-0.3, -0.25) is 4.79 Å². The summed E-state index contributed by atoms with van der Waals surface area (Å²) in [4.78, 5) is 21.5. The van der Waals surface area contributed by atoms with Gasteiger partial charge in [0.05, 0.1) is 17.2 Å². The molecule has 26 heavy (non-hydrogen) atoms. The lowest BCUT2D eigenvalue weighted by atomic mass is 9.99. The van der Waals surface area contributed by atoms with E-state index in [0.29, 0.717) is 13.2 Å². The van der Waals surface area contributed by atoms with Gasteiger partial charge in [-0.05, 0) is 55.0 Å². The van der Waals surface area contributed by atoms with Crippen LogP contribution in [0.2, 0.25) is 0 Å². The van der Waals surface area contributed by atoms with Crippen molar-refractivity contribution in [1.29, 1.82) is 0 Å². The number of rotatable bonds is 4. The maximum Gasteiger partial charge on any atom is 0.266 e. The molecule has 0 bridgehead atoms. The smallest absolute Gasteiger partial charge is 0.266 e. The number of fused-ring (bicyclic) bond motifs is 1. The van der Waals surface area contributed by atoms with E-state index in [1.807, 2.05) is 42.3 Å². The highest BCUT2D eigenvalue weighted by atomic mass is 32.1. The van der Waals surface area contributed by atoms with E-state index < -0.39 is 0 Å². The Hall–Kier alpha value is -2.18. The molecule has 1 aliphatic heterocycles. The molecule has 1 amide bonds. The maximum atomic E-state index is 13.1. The monoisotopic (exact) mass is 384 g/mol. The summed E-state index contributed by atoms with van der Waals surface area (Å²) in [7, 11) is 0. The highest BCUT2D eigenvalue weighted by Gasteiger charge is 2.26. The Bertz CT molecular complexity index is 931. The van der Waals surface area contributed by atoms with Crippen molar-refractivity contribution in [2.75, 3.05) is 13.2 Å². The molecule has 0 saturated carbocycles. The van der Waals surface area contributed by atoms with Crippen LogP contribution in [0.15, 0.2) is 35.7 Å². The number of benzene rings is 1. The second-order valence-corrected chi connectivity index (χ2v) is 8.20. The predicted molar refractivity (Wildman–Crippen MR) is 106 cm³/mol. The molecule has 0 fully saturated rings. The molecule has 3 heterocycles. The largest absolute Gasteiger partial charge is 0.494 e. The van der Waals surface area contributed by atoms with Gasteiger partial charge in [0.1, 0.15) is 15.6 Å². The summed E-state index contributed by atoms with van der Waals surface area (Å²) in [6.45, 7) is 5.91. The third-order valence-electron chi connectivity index (χ3n) is 4.51. The van der Waals surface area contributed by atoms with Crippen LogP contribution in [0.25, 0.3) is 9.88 Å². The van der Waals surface area contributed by atoms with Crippen LogP contribution in [-0.2, 0) is 13.0 Å². The molecule has 4 nitrogen and oxygen atoms in total. The number of aryl methyl sites for hydroxylation is 1. The fourth-order valence-corrected chi connectivity index (χ4v) is 5.04. The number of amides is 1. The second-order valence-electron chi connectivity index (χ2n) is 6.25. The van der Waals surface area contributed by atoms with Crippen molar-refractivity contribution in [3.63, 3.8) is 0 Å². The Kier molecular flexibility index (Phi) is 4.78. The van der Waals surface area contributed by atoms with Crippen LogP contribution in [0.3, 0.4) is 0 Å². The first-order valence-electron chi connectivity index (χ1n) is 8.71. The highest BCUT2D eigenvalue weighted by molar-refractivity contribution is 7.22. The van der Waals surface area contributed by atoms with Gasteiger partial charge in [0.25, 0.3) is 5.91 Å². The van der Waals surface area contributed by atoms with Crippen LogP contribution in [0, 0.1) is 6.92 Å². The number of aromatic nitrogens is 1. The molecule has 1 aliphatic rings. The lowest BCUT2D eigenvalue weighted by Gasteiger charge is -2.29. The Balaban J connectivity index is 1.57. The number of carbonyl (C=O) groups excluding carboxylic acids is 1. The molecular weight excluding hydrogens is 364 g/mol. The van der Waals surface area contributed by atoms with E-state index in [4.69, 9.17) is 4.74 Å². The Morgan fingerprint density at radius 3 is 2.96 bits per heavy atom. The standard InChI is InChI=1S/C20H20N2O2S2/c1-3-24-16-7-6-14-8-9-22(12-15(14)11-16)20(23)18-13(2)21-19(26-18)17-5-4-10-25-17/h4-7,10-11H,3,8-9,12H2,1-2H3. The summed E-state index contributed by atoms with van der Waals surface area (Å²) in [6, 6.07) is 10.3. The lowest BCUT2D eigenvalue weighted by Crippen LogP contribution is -2.35. The number of carbonyl (C=O) groups is 1. The minimum Gasteiger partial charge on any atom is -0.494 e. The Morgan fingerprint density at radius 2 is 2.19 bits per heavy atom. The SMILES string of the molecule is CCOc1ccc2c(c1)CN(C(=O)c1sc(-c3cccs3)nc1C)CC2. The first-order chi connectivity index (χ1) is 12.7. The summed E-state index contributed by atoms with van der Waals surface area (Å²) < 4.78 is 5.61. The minimum absolute atomic E-state index is 0.0790. The zero-order valence-electron chi connectivity index (χ0n) is 14.8. The fraction of sp³-hybridized carbons (Fsp3) is 0.300. The van der Waals surface area contributed by atoms with Gasteiger partial charge in [-0.1, -0.05) is 12.1 Å². The zero-order valence-corrected chi connectivity index (χ0v) is 16.5. The van der Waals surface area contributed by atoms with E-state index in [-0.39, 0.29) is 5.91 Å². The van der Waals surface area contributed by atoms with E-state index in [9.17, 15) is 4.79 Å². The van der Waals surface area contributed by atoms with Gasteiger partial charge in [-0.2, -0.15) is 0 Å². The van der Waals surface area contributed by atoms with Crippen molar-refractivity contribution in [2.24, 2.45) is 0 Å². The van der Waals surface area contributed by atoms with E-state index in [1.165, 1.54) is 22.5 Å². The Morgan fingerprint density at radius 1 is 1.31 bits per heavy atom. The molecule has 4 rings (SSSR count). The van der Waals surface area contributed by atoms with Crippen LogP contribution < -0.4 is 4.74 Å². The molecular formula is C20H20N2O2S2. The number of hydrogen-bond donors (Lipinski definition) is 0. The predicted octanol–water partition coefficient (Wildman–Crippen LogP) is 4.78. The molecule has 0 aliphatic carbocycles.